The second-order valence-corrected chi connectivity index (χ2v) is 5.63. The van der Waals surface area contributed by atoms with Crippen LogP contribution < -0.4 is 4.74 Å². The number of hydrogen-bond acceptors (Lipinski definition) is 1. The van der Waals surface area contributed by atoms with Crippen LogP contribution in [-0.2, 0) is 0 Å². The molecule has 0 aliphatic carbocycles. The van der Waals surface area contributed by atoms with E-state index in [1.807, 2.05) is 12.1 Å². The summed E-state index contributed by atoms with van der Waals surface area (Å²) < 4.78 is 6.07. The van der Waals surface area contributed by atoms with E-state index in [0.29, 0.717) is 5.92 Å². The minimum Gasteiger partial charge on any atom is -0.493 e. The summed E-state index contributed by atoms with van der Waals surface area (Å²) in [7, 11) is 0. The predicted molar refractivity (Wildman–Crippen MR) is 89.6 cm³/mol. The summed E-state index contributed by atoms with van der Waals surface area (Å²) in [5, 5.41) is 0.994. The second-order valence-electron chi connectivity index (χ2n) is 4.98. The molecule has 1 atom stereocenters. The summed E-state index contributed by atoms with van der Waals surface area (Å²) in [5.41, 5.74) is 2.37. The lowest BCUT2D eigenvalue weighted by Crippen LogP contribution is -2.13. The third kappa shape index (κ3) is 4.11. The molecule has 0 aliphatic heterocycles. The highest BCUT2D eigenvalue weighted by Gasteiger charge is 2.10. The lowest BCUT2D eigenvalue weighted by molar-refractivity contribution is 0.256. The van der Waals surface area contributed by atoms with Crippen LogP contribution in [0.5, 0.6) is 5.75 Å². The fraction of sp³-hybridized carbons (Fsp3) is 0.333. The van der Waals surface area contributed by atoms with Crippen LogP contribution in [0, 0.1) is 5.92 Å². The topological polar surface area (TPSA) is 9.23 Å². The first-order valence-electron chi connectivity index (χ1n) is 7.18. The summed E-state index contributed by atoms with van der Waals surface area (Å²) in [6.45, 7) is 2.98. The molecule has 20 heavy (non-hydrogen) atoms. The van der Waals surface area contributed by atoms with Crippen LogP contribution >= 0.6 is 15.9 Å². The van der Waals surface area contributed by atoms with Gasteiger partial charge in [-0.25, -0.2) is 0 Å². The monoisotopic (exact) mass is 332 g/mol. The van der Waals surface area contributed by atoms with E-state index in [2.05, 4.69) is 65.3 Å². The highest BCUT2D eigenvalue weighted by Crippen LogP contribution is 2.30. The Labute approximate surface area is 130 Å². The van der Waals surface area contributed by atoms with E-state index in [-0.39, 0.29) is 0 Å². The van der Waals surface area contributed by atoms with Gasteiger partial charge in [-0.05, 0) is 18.1 Å². The van der Waals surface area contributed by atoms with Gasteiger partial charge in [-0.1, -0.05) is 77.8 Å². The molecule has 0 fully saturated rings. The molecule has 0 spiro atoms. The highest BCUT2D eigenvalue weighted by molar-refractivity contribution is 9.09. The molecule has 106 valence electrons. The van der Waals surface area contributed by atoms with Gasteiger partial charge in [0.25, 0.3) is 0 Å². The molecule has 2 aromatic carbocycles. The maximum atomic E-state index is 6.07. The normalized spacial score (nSPS) is 12.1. The quantitative estimate of drug-likeness (QED) is 0.604. The first-order chi connectivity index (χ1) is 9.85. The first kappa shape index (κ1) is 15.1. The smallest absolute Gasteiger partial charge is 0.127 e. The Balaban J connectivity index is 2.12. The van der Waals surface area contributed by atoms with Crippen molar-refractivity contribution in [2.75, 3.05) is 11.9 Å². The summed E-state index contributed by atoms with van der Waals surface area (Å²) >= 11 is 3.57. The number of alkyl halides is 1. The molecule has 0 aromatic heterocycles. The average molecular weight is 333 g/mol. The summed E-state index contributed by atoms with van der Waals surface area (Å²) in [6, 6.07) is 18.7. The molecule has 0 bridgehead atoms. The minimum absolute atomic E-state index is 0.573. The van der Waals surface area contributed by atoms with Crippen LogP contribution in [0.15, 0.2) is 54.6 Å². The lowest BCUT2D eigenvalue weighted by Gasteiger charge is -2.16. The minimum atomic E-state index is 0.573. The molecule has 2 heteroatoms. The average Bonchev–Trinajstić information content (AvgIpc) is 2.52. The summed E-state index contributed by atoms with van der Waals surface area (Å²) in [5.74, 6) is 1.55. The van der Waals surface area contributed by atoms with Gasteiger partial charge in [0.15, 0.2) is 0 Å². The predicted octanol–water partition coefficient (Wildman–Crippen LogP) is 5.54. The van der Waals surface area contributed by atoms with Crippen LogP contribution in [0.25, 0.3) is 11.1 Å². The Morgan fingerprint density at radius 2 is 1.70 bits per heavy atom. The first-order valence-corrected chi connectivity index (χ1v) is 8.30. The third-order valence-corrected chi connectivity index (χ3v) is 4.28. The van der Waals surface area contributed by atoms with E-state index >= 15 is 0 Å². The van der Waals surface area contributed by atoms with Crippen LogP contribution in [0.3, 0.4) is 0 Å². The van der Waals surface area contributed by atoms with Crippen molar-refractivity contribution in [3.05, 3.63) is 54.6 Å². The maximum Gasteiger partial charge on any atom is 0.127 e. The molecule has 0 aliphatic rings. The number of rotatable bonds is 7. The molecule has 0 saturated carbocycles. The van der Waals surface area contributed by atoms with Crippen LogP contribution in [0.1, 0.15) is 19.8 Å². The van der Waals surface area contributed by atoms with Crippen molar-refractivity contribution in [3.63, 3.8) is 0 Å². The molecule has 1 nitrogen and oxygen atoms in total. The molecule has 0 heterocycles. The van der Waals surface area contributed by atoms with E-state index in [0.717, 1.165) is 23.2 Å². The number of ether oxygens (including phenoxy) is 1. The Morgan fingerprint density at radius 3 is 2.40 bits per heavy atom. The SMILES string of the molecule is CCCC(CBr)COc1ccccc1-c1ccccc1. The molecular formula is C18H21BrO. The van der Waals surface area contributed by atoms with Crippen molar-refractivity contribution >= 4 is 15.9 Å². The summed E-state index contributed by atoms with van der Waals surface area (Å²) in [4.78, 5) is 0. The molecule has 0 amide bonds. The van der Waals surface area contributed by atoms with Crippen molar-refractivity contribution in [2.24, 2.45) is 5.92 Å². The van der Waals surface area contributed by atoms with Gasteiger partial charge < -0.3 is 4.74 Å². The molecule has 1 unspecified atom stereocenters. The zero-order chi connectivity index (χ0) is 14.2. The van der Waals surface area contributed by atoms with Crippen molar-refractivity contribution in [2.45, 2.75) is 19.8 Å². The zero-order valence-corrected chi connectivity index (χ0v) is 13.5. The molecule has 2 aromatic rings. The maximum absolute atomic E-state index is 6.07. The van der Waals surface area contributed by atoms with Gasteiger partial charge in [-0.3, -0.25) is 0 Å². The van der Waals surface area contributed by atoms with E-state index in [1.54, 1.807) is 0 Å². The lowest BCUT2D eigenvalue weighted by atomic mass is 10.0. The van der Waals surface area contributed by atoms with Gasteiger partial charge in [0.1, 0.15) is 5.75 Å². The van der Waals surface area contributed by atoms with Crippen LogP contribution in [0.2, 0.25) is 0 Å². The van der Waals surface area contributed by atoms with Crippen molar-refractivity contribution in [1.29, 1.82) is 0 Å². The van der Waals surface area contributed by atoms with E-state index in [1.165, 1.54) is 18.4 Å². The molecule has 0 saturated heterocycles. The van der Waals surface area contributed by atoms with E-state index < -0.39 is 0 Å². The number of hydrogen-bond donors (Lipinski definition) is 0. The van der Waals surface area contributed by atoms with Gasteiger partial charge in [0.05, 0.1) is 6.61 Å². The fourth-order valence-electron chi connectivity index (χ4n) is 2.27. The largest absolute Gasteiger partial charge is 0.493 e. The van der Waals surface area contributed by atoms with Crippen molar-refractivity contribution < 1.29 is 4.74 Å². The number of halogens is 1. The van der Waals surface area contributed by atoms with E-state index in [9.17, 15) is 0 Å². The van der Waals surface area contributed by atoms with E-state index in [4.69, 9.17) is 4.74 Å². The second kappa shape index (κ2) is 8.11. The summed E-state index contributed by atoms with van der Waals surface area (Å²) in [6.07, 6.45) is 2.39. The fourth-order valence-corrected chi connectivity index (χ4v) is 2.78. The molecule has 0 radical (unpaired) electrons. The van der Waals surface area contributed by atoms with Crippen LogP contribution in [0.4, 0.5) is 0 Å². The Kier molecular flexibility index (Phi) is 6.13. The van der Waals surface area contributed by atoms with Gasteiger partial charge in [-0.2, -0.15) is 0 Å². The van der Waals surface area contributed by atoms with Gasteiger partial charge in [0, 0.05) is 16.8 Å². The zero-order valence-electron chi connectivity index (χ0n) is 11.9. The van der Waals surface area contributed by atoms with Gasteiger partial charge >= 0.3 is 0 Å². The van der Waals surface area contributed by atoms with Gasteiger partial charge in [0.2, 0.25) is 0 Å². The highest BCUT2D eigenvalue weighted by atomic mass is 79.9. The van der Waals surface area contributed by atoms with Crippen LogP contribution in [-0.4, -0.2) is 11.9 Å². The standard InChI is InChI=1S/C18H21BrO/c1-2-8-15(13-19)14-20-18-12-7-6-11-17(18)16-9-4-3-5-10-16/h3-7,9-12,15H,2,8,13-14H2,1H3. The molecule has 2 rings (SSSR count). The van der Waals surface area contributed by atoms with Crippen molar-refractivity contribution in [1.82, 2.24) is 0 Å². The van der Waals surface area contributed by atoms with Crippen molar-refractivity contribution in [3.8, 4) is 16.9 Å². The Morgan fingerprint density at radius 1 is 1.00 bits per heavy atom. The Bertz CT molecular complexity index is 510. The third-order valence-electron chi connectivity index (χ3n) is 3.36. The van der Waals surface area contributed by atoms with Gasteiger partial charge in [-0.15, -0.1) is 0 Å². The number of benzene rings is 2. The Hall–Kier alpha value is -1.28. The number of para-hydroxylation sites is 1. The molecule has 0 N–H and O–H groups in total. The molecular weight excluding hydrogens is 312 g/mol.